The number of carbonyl (C=O) groups is 2. The van der Waals surface area contributed by atoms with Crippen LogP contribution in [0.3, 0.4) is 0 Å². The summed E-state index contributed by atoms with van der Waals surface area (Å²) < 4.78 is 4.86. The van der Waals surface area contributed by atoms with Crippen LogP contribution in [-0.2, 0) is 14.3 Å². The summed E-state index contributed by atoms with van der Waals surface area (Å²) in [4.78, 5) is 23.4. The van der Waals surface area contributed by atoms with E-state index in [0.29, 0.717) is 13.2 Å². The molecule has 0 aliphatic rings. The number of aliphatic carboxylic acids is 1. The van der Waals surface area contributed by atoms with Crippen molar-refractivity contribution in [1.82, 2.24) is 4.90 Å². The lowest BCUT2D eigenvalue weighted by molar-refractivity contribution is -0.137. The van der Waals surface area contributed by atoms with Crippen LogP contribution in [0.25, 0.3) is 0 Å². The van der Waals surface area contributed by atoms with Crippen LogP contribution in [0.5, 0.6) is 0 Å². The molecule has 0 saturated carbocycles. The zero-order valence-corrected chi connectivity index (χ0v) is 9.81. The number of carboxylic acid groups (broad SMARTS) is 1. The lowest BCUT2D eigenvalue weighted by atomic mass is 10.1. The Morgan fingerprint density at radius 2 is 2.12 bits per heavy atom. The van der Waals surface area contributed by atoms with Crippen molar-refractivity contribution < 1.29 is 19.4 Å². The number of methoxy groups -OCH3 is 1. The van der Waals surface area contributed by atoms with Crippen LogP contribution in [0.4, 0.5) is 0 Å². The van der Waals surface area contributed by atoms with E-state index in [1.54, 1.807) is 14.2 Å². The van der Waals surface area contributed by atoms with E-state index in [0.717, 1.165) is 6.42 Å². The van der Waals surface area contributed by atoms with Gasteiger partial charge in [0.2, 0.25) is 5.91 Å². The molecule has 16 heavy (non-hydrogen) atoms. The minimum Gasteiger partial charge on any atom is -0.481 e. The van der Waals surface area contributed by atoms with Gasteiger partial charge >= 0.3 is 5.97 Å². The Bertz CT molecular complexity index is 233. The number of carboxylic acids is 1. The topological polar surface area (TPSA) is 92.9 Å². The Morgan fingerprint density at radius 3 is 2.62 bits per heavy atom. The van der Waals surface area contributed by atoms with Crippen LogP contribution >= 0.6 is 0 Å². The van der Waals surface area contributed by atoms with Gasteiger partial charge in [-0.1, -0.05) is 0 Å². The summed E-state index contributed by atoms with van der Waals surface area (Å²) in [5, 5.41) is 8.46. The first-order valence-corrected chi connectivity index (χ1v) is 5.20. The molecular weight excluding hydrogens is 212 g/mol. The third-order valence-electron chi connectivity index (χ3n) is 2.20. The zero-order chi connectivity index (χ0) is 12.6. The Balaban J connectivity index is 3.86. The Kier molecular flexibility index (Phi) is 7.49. The first kappa shape index (κ1) is 14.9. The second kappa shape index (κ2) is 8.06. The molecule has 94 valence electrons. The zero-order valence-electron chi connectivity index (χ0n) is 9.81. The number of nitrogens with zero attached hydrogens (tertiary/aromatic N) is 1. The highest BCUT2D eigenvalue weighted by atomic mass is 16.5. The maximum atomic E-state index is 11.6. The molecule has 1 amide bonds. The summed E-state index contributed by atoms with van der Waals surface area (Å²) >= 11 is 0. The van der Waals surface area contributed by atoms with Crippen molar-refractivity contribution in [3.8, 4) is 0 Å². The van der Waals surface area contributed by atoms with Crippen molar-refractivity contribution in [2.24, 2.45) is 5.73 Å². The van der Waals surface area contributed by atoms with Gasteiger partial charge in [0.25, 0.3) is 0 Å². The first-order valence-electron chi connectivity index (χ1n) is 5.20. The molecule has 0 bridgehead atoms. The first-order chi connectivity index (χ1) is 7.49. The summed E-state index contributed by atoms with van der Waals surface area (Å²) in [5.74, 6) is -1.16. The number of hydrogen-bond acceptors (Lipinski definition) is 4. The molecule has 0 heterocycles. The summed E-state index contributed by atoms with van der Waals surface area (Å²) in [5.41, 5.74) is 5.58. The van der Waals surface area contributed by atoms with Crippen molar-refractivity contribution in [2.75, 3.05) is 27.3 Å². The van der Waals surface area contributed by atoms with E-state index >= 15 is 0 Å². The second-order valence-corrected chi connectivity index (χ2v) is 3.65. The summed E-state index contributed by atoms with van der Waals surface area (Å²) in [6.07, 6.45) is 0.825. The van der Waals surface area contributed by atoms with Gasteiger partial charge in [-0.3, -0.25) is 9.59 Å². The average Bonchev–Trinajstić information content (AvgIpc) is 2.24. The Morgan fingerprint density at radius 1 is 1.50 bits per heavy atom. The monoisotopic (exact) mass is 232 g/mol. The third kappa shape index (κ3) is 6.36. The fourth-order valence-corrected chi connectivity index (χ4v) is 1.24. The molecule has 1 atom stereocenters. The van der Waals surface area contributed by atoms with E-state index < -0.39 is 12.0 Å². The quantitative estimate of drug-likeness (QED) is 0.559. The van der Waals surface area contributed by atoms with Gasteiger partial charge in [0.05, 0.1) is 6.04 Å². The predicted octanol–water partition coefficient (Wildman–Crippen LogP) is -0.327. The van der Waals surface area contributed by atoms with Gasteiger partial charge in [0.1, 0.15) is 0 Å². The number of amides is 1. The highest BCUT2D eigenvalue weighted by Crippen LogP contribution is 2.00. The van der Waals surface area contributed by atoms with Crippen molar-refractivity contribution in [3.63, 3.8) is 0 Å². The van der Waals surface area contributed by atoms with E-state index in [1.165, 1.54) is 4.90 Å². The molecule has 0 saturated heterocycles. The van der Waals surface area contributed by atoms with Gasteiger partial charge in [0, 0.05) is 33.7 Å². The van der Waals surface area contributed by atoms with Gasteiger partial charge in [-0.2, -0.15) is 0 Å². The number of rotatable bonds is 8. The second-order valence-electron chi connectivity index (χ2n) is 3.65. The minimum absolute atomic E-state index is 0.0845. The molecule has 0 rings (SSSR count). The number of carbonyl (C=O) groups excluding carboxylic acids is 1. The molecule has 0 aliphatic heterocycles. The largest absolute Gasteiger partial charge is 0.481 e. The molecule has 3 N–H and O–H groups in total. The Hall–Kier alpha value is -1.14. The smallest absolute Gasteiger partial charge is 0.303 e. The molecule has 0 spiro atoms. The number of likely N-dealkylation sites (N-methyl/N-ethyl adjacent to an activating group) is 1. The van der Waals surface area contributed by atoms with Crippen molar-refractivity contribution in [3.05, 3.63) is 0 Å². The molecule has 0 aromatic carbocycles. The van der Waals surface area contributed by atoms with Gasteiger partial charge in [-0.25, -0.2) is 0 Å². The normalized spacial score (nSPS) is 12.2. The van der Waals surface area contributed by atoms with Crippen LogP contribution in [-0.4, -0.2) is 55.2 Å². The molecule has 0 aliphatic carbocycles. The summed E-state index contributed by atoms with van der Waals surface area (Å²) in [6.45, 7) is 1.15. The lowest BCUT2D eigenvalue weighted by Gasteiger charge is -2.20. The van der Waals surface area contributed by atoms with E-state index in [1.807, 2.05) is 0 Å². The van der Waals surface area contributed by atoms with Crippen molar-refractivity contribution >= 4 is 11.9 Å². The van der Waals surface area contributed by atoms with E-state index in [2.05, 4.69) is 0 Å². The number of nitrogens with two attached hydrogens (primary N) is 1. The highest BCUT2D eigenvalue weighted by molar-refractivity contribution is 5.82. The lowest BCUT2D eigenvalue weighted by Crippen LogP contribution is -2.42. The molecular formula is C10H20N2O4. The van der Waals surface area contributed by atoms with E-state index in [-0.39, 0.29) is 18.7 Å². The molecule has 6 heteroatoms. The molecule has 6 nitrogen and oxygen atoms in total. The fraction of sp³-hybridized carbons (Fsp3) is 0.800. The number of ether oxygens (including phenoxy) is 1. The van der Waals surface area contributed by atoms with E-state index in [4.69, 9.17) is 15.6 Å². The average molecular weight is 232 g/mol. The molecule has 0 fully saturated rings. The fourth-order valence-electron chi connectivity index (χ4n) is 1.24. The SMILES string of the molecule is COCCCN(C)C(=O)C(N)CCC(=O)O. The highest BCUT2D eigenvalue weighted by Gasteiger charge is 2.18. The standard InChI is InChI=1S/C10H20N2O4/c1-12(6-3-7-16-2)10(15)8(11)4-5-9(13)14/h8H,3-7,11H2,1-2H3,(H,13,14). The van der Waals surface area contributed by atoms with Gasteiger partial charge in [-0.05, 0) is 12.8 Å². The van der Waals surface area contributed by atoms with Crippen LogP contribution in [0.1, 0.15) is 19.3 Å². The molecule has 1 unspecified atom stereocenters. The van der Waals surface area contributed by atoms with Crippen LogP contribution in [0.2, 0.25) is 0 Å². The van der Waals surface area contributed by atoms with Crippen molar-refractivity contribution in [1.29, 1.82) is 0 Å². The third-order valence-corrected chi connectivity index (χ3v) is 2.20. The molecule has 0 aromatic heterocycles. The van der Waals surface area contributed by atoms with Crippen LogP contribution < -0.4 is 5.73 Å². The molecule has 0 radical (unpaired) electrons. The summed E-state index contributed by atoms with van der Waals surface area (Å²) in [6, 6.07) is -0.733. The maximum absolute atomic E-state index is 11.6. The van der Waals surface area contributed by atoms with Crippen LogP contribution in [0.15, 0.2) is 0 Å². The number of hydrogen-bond donors (Lipinski definition) is 2. The minimum atomic E-state index is -0.940. The Labute approximate surface area is 95.4 Å². The summed E-state index contributed by atoms with van der Waals surface area (Å²) in [7, 11) is 3.25. The van der Waals surface area contributed by atoms with E-state index in [9.17, 15) is 9.59 Å². The van der Waals surface area contributed by atoms with Gasteiger partial charge in [-0.15, -0.1) is 0 Å². The predicted molar refractivity (Wildman–Crippen MR) is 59.0 cm³/mol. The van der Waals surface area contributed by atoms with Crippen LogP contribution in [0, 0.1) is 0 Å². The van der Waals surface area contributed by atoms with Crippen molar-refractivity contribution in [2.45, 2.75) is 25.3 Å². The van der Waals surface area contributed by atoms with Gasteiger partial charge < -0.3 is 20.5 Å². The van der Waals surface area contributed by atoms with Gasteiger partial charge in [0.15, 0.2) is 0 Å². The maximum Gasteiger partial charge on any atom is 0.303 e. The molecule has 0 aromatic rings.